The van der Waals surface area contributed by atoms with Crippen molar-refractivity contribution in [3.05, 3.63) is 47.1 Å². The Morgan fingerprint density at radius 1 is 1.17 bits per heavy atom. The highest BCUT2D eigenvalue weighted by Crippen LogP contribution is 2.27. The van der Waals surface area contributed by atoms with E-state index in [9.17, 15) is 18.0 Å². The predicted molar refractivity (Wildman–Crippen MR) is 75.5 cm³/mol. The van der Waals surface area contributed by atoms with Gasteiger partial charge < -0.3 is 19.9 Å². The first-order chi connectivity index (χ1) is 11.4. The Bertz CT molecular complexity index is 671. The number of urea groups is 1. The van der Waals surface area contributed by atoms with E-state index in [1.165, 1.54) is 0 Å². The van der Waals surface area contributed by atoms with Gasteiger partial charge in [-0.1, -0.05) is 29.4 Å². The number of methoxy groups -OCH3 is 1. The average Bonchev–Trinajstić information content (AvgIpc) is 3.02. The highest BCUT2D eigenvalue weighted by Gasteiger charge is 2.38. The molecule has 10 heteroatoms. The molecular formula is C14H15F3N4O3. The van der Waals surface area contributed by atoms with E-state index in [2.05, 4.69) is 25.3 Å². The van der Waals surface area contributed by atoms with E-state index in [0.29, 0.717) is 6.61 Å². The number of amides is 2. The number of halogens is 3. The van der Waals surface area contributed by atoms with Crippen molar-refractivity contribution < 1.29 is 27.2 Å². The summed E-state index contributed by atoms with van der Waals surface area (Å²) in [6, 6.07) is 6.86. The zero-order chi connectivity index (χ0) is 17.6. The molecule has 2 amide bonds. The lowest BCUT2D eigenvalue weighted by molar-refractivity contribution is -0.159. The van der Waals surface area contributed by atoms with Gasteiger partial charge in [-0.05, 0) is 11.1 Å². The Balaban J connectivity index is 1.76. The first kappa shape index (κ1) is 17.7. The molecule has 24 heavy (non-hydrogen) atoms. The van der Waals surface area contributed by atoms with E-state index in [4.69, 9.17) is 4.74 Å². The fourth-order valence-corrected chi connectivity index (χ4v) is 1.77. The Kier molecular flexibility index (Phi) is 5.74. The van der Waals surface area contributed by atoms with Crippen LogP contribution in [0.2, 0.25) is 0 Å². The molecule has 130 valence electrons. The number of alkyl halides is 3. The van der Waals surface area contributed by atoms with E-state index in [1.807, 2.05) is 24.3 Å². The van der Waals surface area contributed by atoms with Crippen LogP contribution in [0.25, 0.3) is 0 Å². The fourth-order valence-electron chi connectivity index (χ4n) is 1.77. The molecule has 0 saturated carbocycles. The first-order valence-corrected chi connectivity index (χ1v) is 6.86. The summed E-state index contributed by atoms with van der Waals surface area (Å²) in [4.78, 5) is 14.8. The number of ether oxygens (including phenoxy) is 1. The molecule has 2 rings (SSSR count). The van der Waals surface area contributed by atoms with Crippen LogP contribution in [0.4, 0.5) is 18.0 Å². The molecule has 7 nitrogen and oxygen atoms in total. The summed E-state index contributed by atoms with van der Waals surface area (Å²) in [5, 5.41) is 8.05. The lowest BCUT2D eigenvalue weighted by Gasteiger charge is -2.07. The highest BCUT2D eigenvalue weighted by molar-refractivity contribution is 5.73. The molecule has 0 atom stereocenters. The molecular weight excluding hydrogens is 329 g/mol. The second-order valence-corrected chi connectivity index (χ2v) is 4.80. The minimum absolute atomic E-state index is 0.263. The van der Waals surface area contributed by atoms with Crippen molar-refractivity contribution in [2.75, 3.05) is 7.11 Å². The summed E-state index contributed by atoms with van der Waals surface area (Å²) < 4.78 is 45.9. The first-order valence-electron chi connectivity index (χ1n) is 6.86. The van der Waals surface area contributed by atoms with E-state index in [1.54, 1.807) is 7.11 Å². The highest BCUT2D eigenvalue weighted by atomic mass is 19.4. The van der Waals surface area contributed by atoms with Crippen molar-refractivity contribution in [1.82, 2.24) is 20.8 Å². The molecule has 1 aromatic heterocycles. The van der Waals surface area contributed by atoms with Gasteiger partial charge in [-0.3, -0.25) is 0 Å². The number of hydrogen-bond acceptors (Lipinski definition) is 5. The monoisotopic (exact) mass is 344 g/mol. The summed E-state index contributed by atoms with van der Waals surface area (Å²) in [5.41, 5.74) is 1.87. The fraction of sp³-hybridized carbons (Fsp3) is 0.357. The van der Waals surface area contributed by atoms with Crippen LogP contribution in [0, 0.1) is 0 Å². The smallest absolute Gasteiger partial charge is 0.380 e. The summed E-state index contributed by atoms with van der Waals surface area (Å²) in [6.07, 6.45) is -4.71. The van der Waals surface area contributed by atoms with Gasteiger partial charge in [0.15, 0.2) is 5.82 Å². The molecule has 1 aromatic carbocycles. The van der Waals surface area contributed by atoms with Crippen molar-refractivity contribution in [3.63, 3.8) is 0 Å². The SMILES string of the molecule is COCc1ccc(CNC(=O)NCc2noc(C(F)(F)F)n2)cc1. The van der Waals surface area contributed by atoms with E-state index in [0.717, 1.165) is 11.1 Å². The van der Waals surface area contributed by atoms with Crippen LogP contribution < -0.4 is 10.6 Å². The molecule has 0 aliphatic heterocycles. The van der Waals surface area contributed by atoms with Crippen LogP contribution >= 0.6 is 0 Å². The van der Waals surface area contributed by atoms with Crippen LogP contribution in [0.1, 0.15) is 22.8 Å². The molecule has 0 radical (unpaired) electrons. The van der Waals surface area contributed by atoms with E-state index < -0.39 is 18.1 Å². The molecule has 0 aliphatic carbocycles. The van der Waals surface area contributed by atoms with Crippen LogP contribution in [-0.2, 0) is 30.6 Å². The molecule has 0 aliphatic rings. The number of carbonyl (C=O) groups excluding carboxylic acids is 1. The summed E-state index contributed by atoms with van der Waals surface area (Å²) in [6.45, 7) is 0.482. The van der Waals surface area contributed by atoms with Crippen molar-refractivity contribution in [2.45, 2.75) is 25.9 Å². The number of nitrogens with zero attached hydrogens (tertiary/aromatic N) is 2. The maximum absolute atomic E-state index is 12.3. The Morgan fingerprint density at radius 3 is 2.38 bits per heavy atom. The van der Waals surface area contributed by atoms with Gasteiger partial charge in [-0.15, -0.1) is 0 Å². The maximum atomic E-state index is 12.3. The van der Waals surface area contributed by atoms with Gasteiger partial charge >= 0.3 is 18.1 Å². The molecule has 2 N–H and O–H groups in total. The summed E-state index contributed by atoms with van der Waals surface area (Å²) in [5.74, 6) is -1.71. The zero-order valence-corrected chi connectivity index (χ0v) is 12.7. The van der Waals surface area contributed by atoms with Gasteiger partial charge in [0.1, 0.15) is 0 Å². The van der Waals surface area contributed by atoms with E-state index >= 15 is 0 Å². The van der Waals surface area contributed by atoms with Gasteiger partial charge in [-0.2, -0.15) is 18.2 Å². The van der Waals surface area contributed by atoms with Crippen molar-refractivity contribution in [1.29, 1.82) is 0 Å². The van der Waals surface area contributed by atoms with Crippen molar-refractivity contribution in [3.8, 4) is 0 Å². The molecule has 0 bridgehead atoms. The Hall–Kier alpha value is -2.62. The average molecular weight is 344 g/mol. The zero-order valence-electron chi connectivity index (χ0n) is 12.7. The lowest BCUT2D eigenvalue weighted by Crippen LogP contribution is -2.34. The standard InChI is InChI=1S/C14H15F3N4O3/c1-23-8-10-4-2-9(3-5-10)6-18-13(22)19-7-11-20-12(24-21-11)14(15,16)17/h2-5H,6-8H2,1H3,(H2,18,19,22). The van der Waals surface area contributed by atoms with Crippen LogP contribution in [0.3, 0.4) is 0 Å². The summed E-state index contributed by atoms with van der Waals surface area (Å²) >= 11 is 0. The van der Waals surface area contributed by atoms with Crippen LogP contribution in [0.15, 0.2) is 28.8 Å². The molecule has 1 heterocycles. The third-order valence-electron chi connectivity index (χ3n) is 2.90. The number of rotatable bonds is 6. The van der Waals surface area contributed by atoms with Gasteiger partial charge in [0.25, 0.3) is 0 Å². The number of nitrogens with one attached hydrogen (secondary N) is 2. The molecule has 0 spiro atoms. The predicted octanol–water partition coefficient (Wildman–Crippen LogP) is 2.23. The van der Waals surface area contributed by atoms with Gasteiger partial charge in [0.2, 0.25) is 0 Å². The quantitative estimate of drug-likeness (QED) is 0.839. The van der Waals surface area contributed by atoms with Crippen LogP contribution in [0.5, 0.6) is 0 Å². The maximum Gasteiger partial charge on any atom is 0.471 e. The van der Waals surface area contributed by atoms with Crippen molar-refractivity contribution in [2.24, 2.45) is 0 Å². The van der Waals surface area contributed by atoms with Gasteiger partial charge in [0.05, 0.1) is 13.2 Å². The summed E-state index contributed by atoms with van der Waals surface area (Å²) in [7, 11) is 1.60. The number of hydrogen-bond donors (Lipinski definition) is 2. The second kappa shape index (κ2) is 7.77. The molecule has 2 aromatic rings. The number of benzene rings is 1. The second-order valence-electron chi connectivity index (χ2n) is 4.80. The molecule has 0 unspecified atom stereocenters. The van der Waals surface area contributed by atoms with Gasteiger partial charge in [-0.25, -0.2) is 4.79 Å². The molecule has 0 fully saturated rings. The molecule has 0 saturated heterocycles. The topological polar surface area (TPSA) is 89.3 Å². The van der Waals surface area contributed by atoms with Gasteiger partial charge in [0, 0.05) is 13.7 Å². The Labute approximate surface area is 135 Å². The number of carbonyl (C=O) groups is 1. The number of aromatic nitrogens is 2. The third kappa shape index (κ3) is 5.23. The minimum Gasteiger partial charge on any atom is -0.380 e. The normalized spacial score (nSPS) is 11.3. The third-order valence-corrected chi connectivity index (χ3v) is 2.90. The largest absolute Gasteiger partial charge is 0.471 e. The minimum atomic E-state index is -4.71. The lowest BCUT2D eigenvalue weighted by atomic mass is 10.1. The van der Waals surface area contributed by atoms with E-state index in [-0.39, 0.29) is 18.9 Å². The van der Waals surface area contributed by atoms with Crippen molar-refractivity contribution >= 4 is 6.03 Å². The Morgan fingerprint density at radius 2 is 1.79 bits per heavy atom. The van der Waals surface area contributed by atoms with Crippen LogP contribution in [-0.4, -0.2) is 23.3 Å².